The normalized spacial score (nSPS) is 25.3. The molecule has 1 saturated heterocycles. The van der Waals surface area contributed by atoms with Crippen molar-refractivity contribution in [1.29, 1.82) is 0 Å². The second-order valence-corrected chi connectivity index (χ2v) is 7.64. The zero-order chi connectivity index (χ0) is 17.5. The number of carbonyl (C=O) groups is 2. The van der Waals surface area contributed by atoms with Gasteiger partial charge in [0.05, 0.1) is 18.9 Å². The molecule has 1 aliphatic heterocycles. The molecule has 1 aliphatic carbocycles. The van der Waals surface area contributed by atoms with Crippen LogP contribution in [0.3, 0.4) is 0 Å². The maximum atomic E-state index is 12.1. The molecule has 1 spiro atoms. The van der Waals surface area contributed by atoms with Crippen molar-refractivity contribution >= 4 is 12.1 Å². The Labute approximate surface area is 135 Å². The quantitative estimate of drug-likeness (QED) is 0.443. The minimum absolute atomic E-state index is 0.0205. The van der Waals surface area contributed by atoms with Crippen LogP contribution in [0.4, 0.5) is 4.79 Å². The van der Waals surface area contributed by atoms with Crippen molar-refractivity contribution in [2.24, 2.45) is 10.8 Å². The molecule has 0 aromatic carbocycles. The molecule has 1 saturated carbocycles. The minimum atomic E-state index is -0.720. The van der Waals surface area contributed by atoms with E-state index in [9.17, 15) is 19.7 Å². The number of hydrogen-bond donors (Lipinski definition) is 0. The number of rotatable bonds is 4. The minimum Gasteiger partial charge on any atom is -0.469 e. The Morgan fingerprint density at radius 1 is 1.26 bits per heavy atom. The fraction of sp³-hybridized carbons (Fsp3) is 0.867. The predicted octanol–water partition coefficient (Wildman–Crippen LogP) is 1.84. The Hall–Kier alpha value is -1.86. The van der Waals surface area contributed by atoms with Gasteiger partial charge >= 0.3 is 12.1 Å². The molecule has 2 rings (SSSR count). The lowest BCUT2D eigenvalue weighted by Crippen LogP contribution is -2.72. The van der Waals surface area contributed by atoms with Crippen LogP contribution in [-0.4, -0.2) is 54.2 Å². The third kappa shape index (κ3) is 3.25. The van der Waals surface area contributed by atoms with Gasteiger partial charge in [0.15, 0.2) is 0 Å². The first-order valence-electron chi connectivity index (χ1n) is 7.69. The van der Waals surface area contributed by atoms with Gasteiger partial charge in [0.2, 0.25) is 6.54 Å². The average Bonchev–Trinajstić information content (AvgIpc) is 2.32. The highest BCUT2D eigenvalue weighted by atomic mass is 16.6. The molecule has 1 heterocycles. The standard InChI is InChI=1S/C15H24N2O6/c1-13(2,3)23-12(19)16-8-15(9-16)6-5-14(15,10-17(20)21)7-11(18)22-4/h5-10H2,1-4H3. The van der Waals surface area contributed by atoms with E-state index in [4.69, 9.17) is 9.47 Å². The van der Waals surface area contributed by atoms with Crippen molar-refractivity contribution in [3.63, 3.8) is 0 Å². The summed E-state index contributed by atoms with van der Waals surface area (Å²) in [5.74, 6) is -0.443. The molecule has 130 valence electrons. The predicted molar refractivity (Wildman–Crippen MR) is 80.4 cm³/mol. The number of nitrogens with zero attached hydrogens (tertiary/aromatic N) is 2. The summed E-state index contributed by atoms with van der Waals surface area (Å²) < 4.78 is 10.0. The van der Waals surface area contributed by atoms with Crippen LogP contribution in [-0.2, 0) is 14.3 Å². The monoisotopic (exact) mass is 328 g/mol. The smallest absolute Gasteiger partial charge is 0.410 e. The summed E-state index contributed by atoms with van der Waals surface area (Å²) in [4.78, 5) is 36.0. The van der Waals surface area contributed by atoms with Crippen LogP contribution in [0.5, 0.6) is 0 Å². The van der Waals surface area contributed by atoms with E-state index in [0.29, 0.717) is 19.5 Å². The summed E-state index contributed by atoms with van der Waals surface area (Å²) in [5, 5.41) is 11.1. The molecule has 1 amide bonds. The number of methoxy groups -OCH3 is 1. The van der Waals surface area contributed by atoms with Gasteiger partial charge in [-0.1, -0.05) is 0 Å². The maximum absolute atomic E-state index is 12.1. The summed E-state index contributed by atoms with van der Waals surface area (Å²) in [6, 6.07) is 0. The van der Waals surface area contributed by atoms with Crippen molar-refractivity contribution < 1.29 is 24.0 Å². The summed E-state index contributed by atoms with van der Waals surface area (Å²) in [6.45, 7) is 5.89. The van der Waals surface area contributed by atoms with Crippen LogP contribution < -0.4 is 0 Å². The molecule has 23 heavy (non-hydrogen) atoms. The average molecular weight is 328 g/mol. The first kappa shape index (κ1) is 17.5. The molecule has 2 aliphatic rings. The van der Waals surface area contributed by atoms with Gasteiger partial charge in [0, 0.05) is 23.4 Å². The molecular formula is C15H24N2O6. The summed E-state index contributed by atoms with van der Waals surface area (Å²) in [5.41, 5.74) is -1.67. The van der Waals surface area contributed by atoms with Crippen molar-refractivity contribution in [1.82, 2.24) is 4.90 Å². The van der Waals surface area contributed by atoms with Crippen LogP contribution in [0.25, 0.3) is 0 Å². The highest BCUT2D eigenvalue weighted by Crippen LogP contribution is 2.63. The van der Waals surface area contributed by atoms with Gasteiger partial charge in [0.1, 0.15) is 5.60 Å². The second kappa shape index (κ2) is 5.65. The SMILES string of the molecule is COC(=O)CC1(C[N+](=O)[O-])CCC12CN(C(=O)OC(C)(C)C)C2. The number of hydrogen-bond acceptors (Lipinski definition) is 6. The molecule has 0 aromatic rings. The zero-order valence-electron chi connectivity index (χ0n) is 14.1. The number of nitro groups is 1. The Bertz CT molecular complexity index is 521. The molecule has 0 radical (unpaired) electrons. The fourth-order valence-corrected chi connectivity index (χ4v) is 3.64. The number of carbonyl (C=O) groups excluding carboxylic acids is 2. The van der Waals surface area contributed by atoms with E-state index >= 15 is 0 Å². The lowest BCUT2D eigenvalue weighted by atomic mass is 9.45. The molecule has 0 aromatic heterocycles. The van der Waals surface area contributed by atoms with Gasteiger partial charge in [0.25, 0.3) is 0 Å². The summed E-state index contributed by atoms with van der Waals surface area (Å²) in [6.07, 6.45) is 0.984. The molecule has 0 N–H and O–H groups in total. The third-order valence-corrected chi connectivity index (χ3v) is 4.99. The van der Waals surface area contributed by atoms with E-state index in [1.54, 1.807) is 25.7 Å². The van der Waals surface area contributed by atoms with Crippen molar-refractivity contribution in [3.8, 4) is 0 Å². The van der Waals surface area contributed by atoms with Crippen LogP contribution in [0.2, 0.25) is 0 Å². The molecule has 1 unspecified atom stereocenters. The number of likely N-dealkylation sites (tertiary alicyclic amines) is 1. The van der Waals surface area contributed by atoms with E-state index in [1.807, 2.05) is 0 Å². The third-order valence-electron chi connectivity index (χ3n) is 4.99. The van der Waals surface area contributed by atoms with E-state index in [0.717, 1.165) is 6.42 Å². The zero-order valence-corrected chi connectivity index (χ0v) is 14.1. The molecule has 2 fully saturated rings. The highest BCUT2D eigenvalue weighted by molar-refractivity contribution is 5.72. The molecular weight excluding hydrogens is 304 g/mol. The van der Waals surface area contributed by atoms with Crippen LogP contribution in [0.15, 0.2) is 0 Å². The van der Waals surface area contributed by atoms with Crippen molar-refractivity contribution in [3.05, 3.63) is 10.1 Å². The van der Waals surface area contributed by atoms with Gasteiger partial charge in [-0.05, 0) is 33.6 Å². The maximum Gasteiger partial charge on any atom is 0.410 e. The number of ether oxygens (including phenoxy) is 2. The summed E-state index contributed by atoms with van der Waals surface area (Å²) >= 11 is 0. The lowest BCUT2D eigenvalue weighted by Gasteiger charge is -2.65. The van der Waals surface area contributed by atoms with Crippen LogP contribution in [0.1, 0.15) is 40.0 Å². The van der Waals surface area contributed by atoms with Crippen LogP contribution >= 0.6 is 0 Å². The highest BCUT2D eigenvalue weighted by Gasteiger charge is 2.68. The van der Waals surface area contributed by atoms with E-state index in [1.165, 1.54) is 7.11 Å². The molecule has 0 bridgehead atoms. The van der Waals surface area contributed by atoms with Crippen LogP contribution in [0, 0.1) is 20.9 Å². The molecule has 8 nitrogen and oxygen atoms in total. The Balaban J connectivity index is 2.06. The second-order valence-electron chi connectivity index (χ2n) is 7.64. The first-order chi connectivity index (χ1) is 10.5. The van der Waals surface area contributed by atoms with Gasteiger partial charge in [-0.15, -0.1) is 0 Å². The van der Waals surface area contributed by atoms with Crippen molar-refractivity contribution in [2.45, 2.75) is 45.6 Å². The van der Waals surface area contributed by atoms with Crippen molar-refractivity contribution in [2.75, 3.05) is 26.7 Å². The fourth-order valence-electron chi connectivity index (χ4n) is 3.64. The first-order valence-corrected chi connectivity index (χ1v) is 7.69. The van der Waals surface area contributed by atoms with Gasteiger partial charge < -0.3 is 14.4 Å². The lowest BCUT2D eigenvalue weighted by molar-refractivity contribution is -0.512. The number of esters is 1. The van der Waals surface area contributed by atoms with Gasteiger partial charge in [-0.3, -0.25) is 14.9 Å². The topological polar surface area (TPSA) is 99.0 Å². The Morgan fingerprint density at radius 3 is 2.26 bits per heavy atom. The van der Waals surface area contributed by atoms with Gasteiger partial charge in [-0.25, -0.2) is 4.79 Å². The number of amides is 1. The van der Waals surface area contributed by atoms with Gasteiger partial charge in [-0.2, -0.15) is 0 Å². The Kier molecular flexibility index (Phi) is 4.30. The Morgan fingerprint density at radius 2 is 1.87 bits per heavy atom. The van der Waals surface area contributed by atoms with E-state index < -0.39 is 23.1 Å². The summed E-state index contributed by atoms with van der Waals surface area (Å²) in [7, 11) is 1.28. The van der Waals surface area contributed by atoms with E-state index in [-0.39, 0.29) is 23.3 Å². The molecule has 1 atom stereocenters. The molecule has 8 heteroatoms. The largest absolute Gasteiger partial charge is 0.469 e. The van der Waals surface area contributed by atoms with E-state index in [2.05, 4.69) is 0 Å².